The molecule has 2 N–H and O–H groups in total. The van der Waals surface area contributed by atoms with E-state index >= 15 is 0 Å². The number of ether oxygens (including phenoxy) is 2. The number of rotatable bonds is 8. The number of alkyl halides is 2. The summed E-state index contributed by atoms with van der Waals surface area (Å²) in [7, 11) is 1.71. The number of pyridine rings is 1. The van der Waals surface area contributed by atoms with Crippen LogP contribution in [-0.4, -0.2) is 42.2 Å². The number of amides is 1. The highest BCUT2D eigenvalue weighted by Gasteiger charge is 2.42. The van der Waals surface area contributed by atoms with Crippen molar-refractivity contribution in [3.05, 3.63) is 78.5 Å². The van der Waals surface area contributed by atoms with Crippen LogP contribution in [0.25, 0.3) is 22.3 Å². The number of halogens is 2. The number of benzene rings is 2. The van der Waals surface area contributed by atoms with Gasteiger partial charge in [-0.15, -0.1) is 5.10 Å². The third-order valence-electron chi connectivity index (χ3n) is 5.18. The summed E-state index contributed by atoms with van der Waals surface area (Å²) in [5, 5.41) is 14.6. The van der Waals surface area contributed by atoms with E-state index < -0.39 is 12.0 Å². The highest BCUT2D eigenvalue weighted by molar-refractivity contribution is 5.97. The summed E-state index contributed by atoms with van der Waals surface area (Å²) in [5.41, 5.74) is 1.88. The van der Waals surface area contributed by atoms with E-state index in [1.807, 2.05) is 24.3 Å². The van der Waals surface area contributed by atoms with Crippen LogP contribution in [0.3, 0.4) is 0 Å². The number of aromatic nitrogens is 6. The van der Waals surface area contributed by atoms with E-state index in [4.69, 9.17) is 4.74 Å². The van der Waals surface area contributed by atoms with E-state index in [-0.39, 0.29) is 18.2 Å². The maximum atomic E-state index is 14.3. The van der Waals surface area contributed by atoms with Crippen LogP contribution in [0, 0.1) is 0 Å². The van der Waals surface area contributed by atoms with Crippen LogP contribution in [0.4, 0.5) is 14.6 Å². The van der Waals surface area contributed by atoms with Gasteiger partial charge >= 0.3 is 12.0 Å². The summed E-state index contributed by atoms with van der Waals surface area (Å²) in [6.45, 7) is -0.0221. The number of hydrogen-bond acceptors (Lipinski definition) is 7. The first-order valence-corrected chi connectivity index (χ1v) is 10.8. The van der Waals surface area contributed by atoms with Crippen LogP contribution < -0.4 is 14.8 Å². The fourth-order valence-corrected chi connectivity index (χ4v) is 3.54. The van der Waals surface area contributed by atoms with Crippen molar-refractivity contribution in [2.24, 2.45) is 7.05 Å². The molecule has 3 aromatic heterocycles. The molecular weight excluding hydrogens is 472 g/mol. The predicted octanol–water partition coefficient (Wildman–Crippen LogP) is 3.94. The SMILES string of the molecule is Cn1nnnc1-c1c(OCc2cccc(NC(=O)C(F)(F)Oc3ccccc3)n2)[nH]c2ccccc12. The van der Waals surface area contributed by atoms with Crippen molar-refractivity contribution >= 4 is 22.6 Å². The fraction of sp³-hybridized carbons (Fsp3) is 0.125. The Balaban J connectivity index is 1.32. The number of hydrogen-bond donors (Lipinski definition) is 2. The maximum Gasteiger partial charge on any atom is 0.482 e. The van der Waals surface area contributed by atoms with Gasteiger partial charge in [-0.3, -0.25) is 4.79 Å². The van der Waals surface area contributed by atoms with Crippen LogP contribution in [0.15, 0.2) is 72.8 Å². The molecule has 0 unspecified atom stereocenters. The lowest BCUT2D eigenvalue weighted by atomic mass is 10.1. The Hall–Kier alpha value is -4.87. The molecule has 2 aromatic carbocycles. The van der Waals surface area contributed by atoms with Gasteiger partial charge in [0.2, 0.25) is 5.88 Å². The quantitative estimate of drug-likeness (QED) is 0.337. The van der Waals surface area contributed by atoms with Gasteiger partial charge < -0.3 is 19.8 Å². The summed E-state index contributed by atoms with van der Waals surface area (Å²) in [6.07, 6.45) is -4.10. The average Bonchev–Trinajstić information content (AvgIpc) is 3.45. The highest BCUT2D eigenvalue weighted by atomic mass is 19.3. The summed E-state index contributed by atoms with van der Waals surface area (Å²) in [6, 6.07) is 19.5. The normalized spacial score (nSPS) is 11.4. The Morgan fingerprint density at radius 2 is 1.83 bits per heavy atom. The molecule has 0 fully saturated rings. The van der Waals surface area contributed by atoms with Crippen molar-refractivity contribution in [2.75, 3.05) is 5.32 Å². The molecule has 3 heterocycles. The summed E-state index contributed by atoms with van der Waals surface area (Å²) in [4.78, 5) is 19.6. The summed E-state index contributed by atoms with van der Waals surface area (Å²) in [5.74, 6) is -0.957. The van der Waals surface area contributed by atoms with Gasteiger partial charge in [-0.1, -0.05) is 42.5 Å². The van der Waals surface area contributed by atoms with E-state index in [2.05, 4.69) is 35.5 Å². The molecule has 0 aliphatic rings. The number of fused-ring (bicyclic) bond motifs is 1. The number of aromatic amines is 1. The Kier molecular flexibility index (Phi) is 5.98. The Morgan fingerprint density at radius 1 is 1.06 bits per heavy atom. The molecule has 5 rings (SSSR count). The molecule has 0 spiro atoms. The summed E-state index contributed by atoms with van der Waals surface area (Å²) >= 11 is 0. The number of carbonyl (C=O) groups excluding carboxylic acids is 1. The van der Waals surface area contributed by atoms with E-state index in [0.717, 1.165) is 10.9 Å². The number of tetrazole rings is 1. The third kappa shape index (κ3) is 4.69. The van der Waals surface area contributed by atoms with Crippen molar-refractivity contribution < 1.29 is 23.0 Å². The molecule has 10 nitrogen and oxygen atoms in total. The lowest BCUT2D eigenvalue weighted by Crippen LogP contribution is -2.40. The fourth-order valence-electron chi connectivity index (χ4n) is 3.54. The molecule has 0 aliphatic carbocycles. The van der Waals surface area contributed by atoms with Crippen molar-refractivity contribution in [3.63, 3.8) is 0 Å². The standard InChI is InChI=1S/C24H19F2N7O3/c1-33-21(30-31-32-33)20-17-11-5-6-12-18(17)28-22(20)35-14-15-8-7-13-19(27-15)29-23(34)24(25,26)36-16-9-3-2-4-10-16/h2-13,28H,14H2,1H3,(H,27,29,34). The second-order valence-electron chi connectivity index (χ2n) is 7.69. The Morgan fingerprint density at radius 3 is 2.61 bits per heavy atom. The van der Waals surface area contributed by atoms with Gasteiger partial charge in [-0.05, 0) is 40.8 Å². The lowest BCUT2D eigenvalue weighted by Gasteiger charge is -2.17. The van der Waals surface area contributed by atoms with Gasteiger partial charge in [0, 0.05) is 18.0 Å². The average molecular weight is 491 g/mol. The molecule has 0 radical (unpaired) electrons. The number of H-pyrrole nitrogens is 1. The molecule has 5 aromatic rings. The molecule has 0 bridgehead atoms. The zero-order chi connectivity index (χ0) is 25.1. The van der Waals surface area contributed by atoms with Crippen LogP contribution in [0.1, 0.15) is 5.69 Å². The zero-order valence-electron chi connectivity index (χ0n) is 18.9. The first-order valence-electron chi connectivity index (χ1n) is 10.8. The molecule has 1 amide bonds. The zero-order valence-corrected chi connectivity index (χ0v) is 18.9. The molecule has 0 atom stereocenters. The monoisotopic (exact) mass is 491 g/mol. The minimum absolute atomic E-state index is 0.0221. The first-order chi connectivity index (χ1) is 17.4. The largest absolute Gasteiger partial charge is 0.482 e. The van der Waals surface area contributed by atoms with Crippen molar-refractivity contribution in [2.45, 2.75) is 12.7 Å². The van der Waals surface area contributed by atoms with Crippen LogP contribution in [0.5, 0.6) is 11.6 Å². The number of anilines is 1. The van der Waals surface area contributed by atoms with Gasteiger partial charge in [-0.2, -0.15) is 8.78 Å². The van der Waals surface area contributed by atoms with Crippen molar-refractivity contribution in [3.8, 4) is 23.0 Å². The van der Waals surface area contributed by atoms with E-state index in [1.54, 1.807) is 25.2 Å². The third-order valence-corrected chi connectivity index (χ3v) is 5.18. The Bertz CT molecular complexity index is 1520. The van der Waals surface area contributed by atoms with Gasteiger partial charge in [0.05, 0.1) is 11.3 Å². The van der Waals surface area contributed by atoms with Gasteiger partial charge in [0.25, 0.3) is 0 Å². The van der Waals surface area contributed by atoms with Crippen molar-refractivity contribution in [1.82, 2.24) is 30.2 Å². The lowest BCUT2D eigenvalue weighted by molar-refractivity contribution is -0.187. The molecule has 12 heteroatoms. The Labute approximate surface area is 202 Å². The van der Waals surface area contributed by atoms with Gasteiger partial charge in [0.15, 0.2) is 5.82 Å². The first kappa shape index (κ1) is 22.9. The smallest absolute Gasteiger partial charge is 0.472 e. The minimum atomic E-state index is -4.10. The van der Waals surface area contributed by atoms with Gasteiger partial charge in [-0.25, -0.2) is 9.67 Å². The highest BCUT2D eigenvalue weighted by Crippen LogP contribution is 2.36. The van der Waals surface area contributed by atoms with Crippen LogP contribution >= 0.6 is 0 Å². The number of para-hydroxylation sites is 2. The molecular formula is C24H19F2N7O3. The second-order valence-corrected chi connectivity index (χ2v) is 7.69. The minimum Gasteiger partial charge on any atom is -0.472 e. The molecule has 0 aliphatic heterocycles. The number of aryl methyl sites for hydroxylation is 1. The maximum absolute atomic E-state index is 14.3. The van der Waals surface area contributed by atoms with Crippen LogP contribution in [-0.2, 0) is 18.4 Å². The van der Waals surface area contributed by atoms with Gasteiger partial charge in [0.1, 0.15) is 18.2 Å². The number of nitrogens with zero attached hydrogens (tertiary/aromatic N) is 5. The predicted molar refractivity (Wildman–Crippen MR) is 125 cm³/mol. The van der Waals surface area contributed by atoms with E-state index in [9.17, 15) is 13.6 Å². The summed E-state index contributed by atoms with van der Waals surface area (Å²) < 4.78 is 40.6. The van der Waals surface area contributed by atoms with Crippen LogP contribution in [0.2, 0.25) is 0 Å². The molecule has 0 saturated heterocycles. The van der Waals surface area contributed by atoms with E-state index in [1.165, 1.54) is 35.0 Å². The molecule has 0 saturated carbocycles. The van der Waals surface area contributed by atoms with E-state index in [0.29, 0.717) is 23.0 Å². The molecule has 36 heavy (non-hydrogen) atoms. The topological polar surface area (TPSA) is 120 Å². The number of nitrogens with one attached hydrogen (secondary N) is 2. The van der Waals surface area contributed by atoms with Crippen molar-refractivity contribution in [1.29, 1.82) is 0 Å². The number of carbonyl (C=O) groups is 1. The molecule has 182 valence electrons. The second kappa shape index (κ2) is 9.41.